The van der Waals surface area contributed by atoms with E-state index in [9.17, 15) is 9.59 Å². The SMILES string of the molecule is COc1ccc(C(=O)c2cn(Cc3ccccc3OC)c3ccccc3c2=O)cc1. The first-order valence-electron chi connectivity index (χ1n) is 9.55. The number of ether oxygens (including phenoxy) is 2. The Balaban J connectivity index is 1.85. The minimum absolute atomic E-state index is 0.133. The minimum atomic E-state index is -0.317. The number of carbonyl (C=O) groups excluding carboxylic acids is 1. The van der Waals surface area contributed by atoms with Gasteiger partial charge in [-0.05, 0) is 42.5 Å². The first-order valence-corrected chi connectivity index (χ1v) is 9.55. The Hall–Kier alpha value is -3.86. The molecule has 0 atom stereocenters. The molecule has 0 N–H and O–H groups in total. The van der Waals surface area contributed by atoms with Gasteiger partial charge < -0.3 is 14.0 Å². The molecule has 0 aliphatic rings. The summed E-state index contributed by atoms with van der Waals surface area (Å²) in [6.07, 6.45) is 1.64. The summed E-state index contributed by atoms with van der Waals surface area (Å²) in [6.45, 7) is 0.466. The number of rotatable bonds is 6. The summed E-state index contributed by atoms with van der Waals surface area (Å²) in [5.74, 6) is 1.09. The highest BCUT2D eigenvalue weighted by Gasteiger charge is 2.18. The van der Waals surface area contributed by atoms with Crippen LogP contribution in [-0.4, -0.2) is 24.6 Å². The predicted octanol–water partition coefficient (Wildman–Crippen LogP) is 4.30. The summed E-state index contributed by atoms with van der Waals surface area (Å²) in [5.41, 5.74) is 2.01. The smallest absolute Gasteiger partial charge is 0.200 e. The Kier molecular flexibility index (Phi) is 5.35. The van der Waals surface area contributed by atoms with Gasteiger partial charge in [0.15, 0.2) is 5.78 Å². The van der Waals surface area contributed by atoms with Crippen molar-refractivity contribution in [2.24, 2.45) is 0 Å². The van der Waals surface area contributed by atoms with Crippen LogP contribution in [0.4, 0.5) is 0 Å². The zero-order valence-corrected chi connectivity index (χ0v) is 16.8. The van der Waals surface area contributed by atoms with Crippen molar-refractivity contribution in [3.63, 3.8) is 0 Å². The Labute approximate surface area is 174 Å². The Bertz CT molecular complexity index is 1270. The quantitative estimate of drug-likeness (QED) is 0.454. The average Bonchev–Trinajstić information content (AvgIpc) is 2.81. The van der Waals surface area contributed by atoms with Gasteiger partial charge in [0.2, 0.25) is 5.43 Å². The van der Waals surface area contributed by atoms with Gasteiger partial charge in [-0.2, -0.15) is 0 Å². The van der Waals surface area contributed by atoms with E-state index in [1.54, 1.807) is 56.8 Å². The molecule has 5 nitrogen and oxygen atoms in total. The van der Waals surface area contributed by atoms with Crippen LogP contribution in [0.25, 0.3) is 10.9 Å². The summed E-state index contributed by atoms with van der Waals surface area (Å²) in [6, 6.07) is 21.8. The number of para-hydroxylation sites is 2. The highest BCUT2D eigenvalue weighted by atomic mass is 16.5. The summed E-state index contributed by atoms with van der Waals surface area (Å²) < 4.78 is 12.5. The lowest BCUT2D eigenvalue weighted by molar-refractivity contribution is 0.103. The summed E-state index contributed by atoms with van der Waals surface area (Å²) in [4.78, 5) is 26.3. The zero-order chi connectivity index (χ0) is 21.1. The third-order valence-electron chi connectivity index (χ3n) is 5.12. The Morgan fingerprint density at radius 2 is 1.57 bits per heavy atom. The fraction of sp³-hybridized carbons (Fsp3) is 0.120. The van der Waals surface area contributed by atoms with Gasteiger partial charge in [0.05, 0.1) is 31.8 Å². The molecule has 0 aliphatic carbocycles. The van der Waals surface area contributed by atoms with E-state index in [1.165, 1.54) is 0 Å². The molecular weight excluding hydrogens is 378 g/mol. The lowest BCUT2D eigenvalue weighted by atomic mass is 10.0. The van der Waals surface area contributed by atoms with Crippen molar-refractivity contribution in [3.05, 3.63) is 106 Å². The van der Waals surface area contributed by atoms with Crippen molar-refractivity contribution in [3.8, 4) is 11.5 Å². The van der Waals surface area contributed by atoms with Crippen molar-refractivity contribution in [2.75, 3.05) is 14.2 Å². The molecule has 0 aliphatic heterocycles. The number of pyridine rings is 1. The van der Waals surface area contributed by atoms with Crippen molar-refractivity contribution in [1.82, 2.24) is 4.57 Å². The highest BCUT2D eigenvalue weighted by molar-refractivity contribution is 6.10. The molecule has 150 valence electrons. The maximum absolute atomic E-state index is 13.2. The molecule has 3 aromatic carbocycles. The van der Waals surface area contributed by atoms with Crippen LogP contribution < -0.4 is 14.9 Å². The molecule has 1 aromatic heterocycles. The van der Waals surface area contributed by atoms with E-state index in [4.69, 9.17) is 9.47 Å². The van der Waals surface area contributed by atoms with Gasteiger partial charge in [-0.1, -0.05) is 30.3 Å². The largest absolute Gasteiger partial charge is 0.497 e. The molecule has 4 rings (SSSR count). The van der Waals surface area contributed by atoms with Gasteiger partial charge in [0.25, 0.3) is 0 Å². The standard InChI is InChI=1S/C25H21NO4/c1-29-19-13-11-17(12-14-19)24(27)21-16-26(15-18-7-3-6-10-23(18)30-2)22-9-5-4-8-20(22)25(21)28/h3-14,16H,15H2,1-2H3. The summed E-state index contributed by atoms with van der Waals surface area (Å²) >= 11 is 0. The van der Waals surface area contributed by atoms with Crippen molar-refractivity contribution >= 4 is 16.7 Å². The number of carbonyl (C=O) groups is 1. The van der Waals surface area contributed by atoms with E-state index in [-0.39, 0.29) is 16.8 Å². The predicted molar refractivity (Wildman–Crippen MR) is 117 cm³/mol. The molecule has 0 bridgehead atoms. The van der Waals surface area contributed by atoms with Crippen molar-refractivity contribution < 1.29 is 14.3 Å². The van der Waals surface area contributed by atoms with E-state index in [0.717, 1.165) is 16.8 Å². The van der Waals surface area contributed by atoms with Crippen LogP contribution in [0.5, 0.6) is 11.5 Å². The second-order valence-corrected chi connectivity index (χ2v) is 6.89. The molecular formula is C25H21NO4. The lowest BCUT2D eigenvalue weighted by Crippen LogP contribution is -2.20. The number of fused-ring (bicyclic) bond motifs is 1. The van der Waals surface area contributed by atoms with Crippen LogP contribution in [-0.2, 0) is 6.54 Å². The zero-order valence-electron chi connectivity index (χ0n) is 16.8. The van der Waals surface area contributed by atoms with Gasteiger partial charge >= 0.3 is 0 Å². The number of ketones is 1. The molecule has 1 heterocycles. The normalized spacial score (nSPS) is 10.7. The van der Waals surface area contributed by atoms with Gasteiger partial charge in [0, 0.05) is 22.7 Å². The van der Waals surface area contributed by atoms with Gasteiger partial charge in [-0.25, -0.2) is 0 Å². The lowest BCUT2D eigenvalue weighted by Gasteiger charge is -2.15. The third kappa shape index (κ3) is 3.57. The molecule has 0 saturated carbocycles. The van der Waals surface area contributed by atoms with Crippen LogP contribution in [0, 0.1) is 0 Å². The maximum Gasteiger partial charge on any atom is 0.200 e. The number of hydrogen-bond acceptors (Lipinski definition) is 4. The van der Waals surface area contributed by atoms with Crippen LogP contribution in [0.15, 0.2) is 83.8 Å². The van der Waals surface area contributed by atoms with Crippen LogP contribution in [0.1, 0.15) is 21.5 Å². The van der Waals surface area contributed by atoms with Gasteiger partial charge in [-0.3, -0.25) is 9.59 Å². The third-order valence-corrected chi connectivity index (χ3v) is 5.12. The first-order chi connectivity index (χ1) is 14.6. The molecule has 0 spiro atoms. The molecule has 0 amide bonds. The first kappa shape index (κ1) is 19.5. The van der Waals surface area contributed by atoms with Crippen LogP contribution in [0.2, 0.25) is 0 Å². The van der Waals surface area contributed by atoms with E-state index in [1.807, 2.05) is 41.0 Å². The van der Waals surface area contributed by atoms with Crippen LogP contribution >= 0.6 is 0 Å². The fourth-order valence-electron chi connectivity index (χ4n) is 3.55. The summed E-state index contributed by atoms with van der Waals surface area (Å²) in [5, 5.41) is 0.506. The molecule has 0 saturated heterocycles. The molecule has 5 heteroatoms. The fourth-order valence-corrected chi connectivity index (χ4v) is 3.55. The molecule has 0 radical (unpaired) electrons. The second kappa shape index (κ2) is 8.25. The minimum Gasteiger partial charge on any atom is -0.497 e. The highest BCUT2D eigenvalue weighted by Crippen LogP contribution is 2.22. The van der Waals surface area contributed by atoms with Gasteiger partial charge in [0.1, 0.15) is 11.5 Å². The molecule has 30 heavy (non-hydrogen) atoms. The number of methoxy groups -OCH3 is 2. The summed E-state index contributed by atoms with van der Waals surface area (Å²) in [7, 11) is 3.19. The van der Waals surface area contributed by atoms with E-state index in [0.29, 0.717) is 23.2 Å². The molecule has 4 aromatic rings. The average molecular weight is 399 g/mol. The van der Waals surface area contributed by atoms with Crippen molar-refractivity contribution in [2.45, 2.75) is 6.54 Å². The Morgan fingerprint density at radius 3 is 2.30 bits per heavy atom. The molecule has 0 unspecified atom stereocenters. The monoisotopic (exact) mass is 399 g/mol. The van der Waals surface area contributed by atoms with Crippen molar-refractivity contribution in [1.29, 1.82) is 0 Å². The van der Waals surface area contributed by atoms with Gasteiger partial charge in [-0.15, -0.1) is 0 Å². The number of aromatic nitrogens is 1. The number of benzene rings is 3. The van der Waals surface area contributed by atoms with E-state index in [2.05, 4.69) is 0 Å². The van der Waals surface area contributed by atoms with E-state index >= 15 is 0 Å². The van der Waals surface area contributed by atoms with Crippen LogP contribution in [0.3, 0.4) is 0 Å². The Morgan fingerprint density at radius 1 is 0.867 bits per heavy atom. The number of hydrogen-bond donors (Lipinski definition) is 0. The maximum atomic E-state index is 13.2. The van der Waals surface area contributed by atoms with E-state index < -0.39 is 0 Å². The topological polar surface area (TPSA) is 57.5 Å². The second-order valence-electron chi connectivity index (χ2n) is 6.89. The number of nitrogens with zero attached hydrogens (tertiary/aromatic N) is 1. The molecule has 0 fully saturated rings.